The SMILES string of the molecule is COc1c(Br)cc(C)c(F)c1C(C)N. The number of benzene rings is 1. The van der Waals surface area contributed by atoms with Crippen LogP contribution in [-0.4, -0.2) is 7.11 Å². The Labute approximate surface area is 91.4 Å². The lowest BCUT2D eigenvalue weighted by Crippen LogP contribution is -2.11. The van der Waals surface area contributed by atoms with E-state index in [1.807, 2.05) is 0 Å². The third kappa shape index (κ3) is 1.91. The van der Waals surface area contributed by atoms with E-state index in [0.29, 0.717) is 16.9 Å². The summed E-state index contributed by atoms with van der Waals surface area (Å²) in [6.07, 6.45) is 0. The Morgan fingerprint density at radius 2 is 2.14 bits per heavy atom. The van der Waals surface area contributed by atoms with E-state index < -0.39 is 0 Å². The third-order valence-electron chi connectivity index (χ3n) is 2.05. The van der Waals surface area contributed by atoms with E-state index in [4.69, 9.17) is 10.5 Å². The predicted molar refractivity (Wildman–Crippen MR) is 58.0 cm³/mol. The topological polar surface area (TPSA) is 35.2 Å². The maximum Gasteiger partial charge on any atom is 0.140 e. The minimum atomic E-state index is -0.388. The molecule has 2 N–H and O–H groups in total. The third-order valence-corrected chi connectivity index (χ3v) is 2.64. The molecule has 1 rings (SSSR count). The molecular weight excluding hydrogens is 249 g/mol. The average molecular weight is 262 g/mol. The van der Waals surface area contributed by atoms with E-state index in [0.717, 1.165) is 4.47 Å². The Hall–Kier alpha value is -0.610. The molecule has 4 heteroatoms. The Kier molecular flexibility index (Phi) is 3.50. The van der Waals surface area contributed by atoms with Crippen LogP contribution in [0, 0.1) is 12.7 Å². The van der Waals surface area contributed by atoms with Gasteiger partial charge in [-0.3, -0.25) is 0 Å². The smallest absolute Gasteiger partial charge is 0.140 e. The lowest BCUT2D eigenvalue weighted by atomic mass is 10.0. The zero-order chi connectivity index (χ0) is 10.9. The highest BCUT2D eigenvalue weighted by molar-refractivity contribution is 9.10. The summed E-state index contributed by atoms with van der Waals surface area (Å²) in [7, 11) is 1.50. The fourth-order valence-corrected chi connectivity index (χ4v) is 2.09. The monoisotopic (exact) mass is 261 g/mol. The second-order valence-corrected chi connectivity index (χ2v) is 4.08. The first kappa shape index (κ1) is 11.5. The first-order valence-corrected chi connectivity index (χ1v) is 5.06. The largest absolute Gasteiger partial charge is 0.495 e. The maximum atomic E-state index is 13.7. The molecule has 0 fully saturated rings. The zero-order valence-electron chi connectivity index (χ0n) is 8.40. The molecule has 0 aliphatic rings. The summed E-state index contributed by atoms with van der Waals surface area (Å²) in [6.45, 7) is 3.43. The van der Waals surface area contributed by atoms with Crippen molar-refractivity contribution in [2.45, 2.75) is 19.9 Å². The van der Waals surface area contributed by atoms with Crippen molar-refractivity contribution in [3.8, 4) is 5.75 Å². The molecule has 0 aliphatic carbocycles. The molecule has 1 unspecified atom stereocenters. The van der Waals surface area contributed by atoms with Gasteiger partial charge in [-0.25, -0.2) is 4.39 Å². The van der Waals surface area contributed by atoms with Crippen molar-refractivity contribution in [1.29, 1.82) is 0 Å². The summed E-state index contributed by atoms with van der Waals surface area (Å²) >= 11 is 3.31. The van der Waals surface area contributed by atoms with Crippen LogP contribution in [0.25, 0.3) is 0 Å². The number of hydrogen-bond donors (Lipinski definition) is 1. The van der Waals surface area contributed by atoms with E-state index in [1.54, 1.807) is 19.9 Å². The zero-order valence-corrected chi connectivity index (χ0v) is 9.98. The van der Waals surface area contributed by atoms with Gasteiger partial charge in [-0.2, -0.15) is 0 Å². The van der Waals surface area contributed by atoms with E-state index in [1.165, 1.54) is 7.11 Å². The number of methoxy groups -OCH3 is 1. The van der Waals surface area contributed by atoms with Crippen molar-refractivity contribution in [2.75, 3.05) is 7.11 Å². The molecule has 0 spiro atoms. The minimum absolute atomic E-state index is 0.292. The molecule has 0 saturated heterocycles. The highest BCUT2D eigenvalue weighted by Crippen LogP contribution is 2.35. The van der Waals surface area contributed by atoms with Crippen LogP contribution in [0.15, 0.2) is 10.5 Å². The summed E-state index contributed by atoms with van der Waals surface area (Å²) in [4.78, 5) is 0. The molecular formula is C10H13BrFNO. The van der Waals surface area contributed by atoms with Gasteiger partial charge >= 0.3 is 0 Å². The van der Waals surface area contributed by atoms with Crippen LogP contribution in [0.3, 0.4) is 0 Å². The van der Waals surface area contributed by atoms with Crippen LogP contribution in [0.4, 0.5) is 4.39 Å². The van der Waals surface area contributed by atoms with Crippen molar-refractivity contribution < 1.29 is 9.13 Å². The molecule has 2 nitrogen and oxygen atoms in total. The molecule has 78 valence electrons. The normalized spacial score (nSPS) is 12.7. The number of ether oxygens (including phenoxy) is 1. The summed E-state index contributed by atoms with van der Waals surface area (Å²) < 4.78 is 19.5. The average Bonchev–Trinajstić information content (AvgIpc) is 2.10. The molecule has 14 heavy (non-hydrogen) atoms. The van der Waals surface area contributed by atoms with Gasteiger partial charge in [0, 0.05) is 11.6 Å². The molecule has 0 amide bonds. The van der Waals surface area contributed by atoms with E-state index in [9.17, 15) is 4.39 Å². The fraction of sp³-hybridized carbons (Fsp3) is 0.400. The van der Waals surface area contributed by atoms with Crippen LogP contribution >= 0.6 is 15.9 Å². The lowest BCUT2D eigenvalue weighted by Gasteiger charge is -2.15. The summed E-state index contributed by atoms with van der Waals surface area (Å²) in [5.41, 5.74) is 6.66. The first-order valence-electron chi connectivity index (χ1n) is 4.27. The second kappa shape index (κ2) is 4.28. The number of halogens is 2. The van der Waals surface area contributed by atoms with Gasteiger partial charge in [0.25, 0.3) is 0 Å². The maximum absolute atomic E-state index is 13.7. The molecule has 0 saturated carbocycles. The molecule has 1 aromatic carbocycles. The number of rotatable bonds is 2. The molecule has 0 bridgehead atoms. The van der Waals surface area contributed by atoms with Gasteiger partial charge in [-0.1, -0.05) is 0 Å². The van der Waals surface area contributed by atoms with Gasteiger partial charge in [0.05, 0.1) is 11.6 Å². The van der Waals surface area contributed by atoms with Crippen LogP contribution in [0.2, 0.25) is 0 Å². The van der Waals surface area contributed by atoms with Gasteiger partial charge in [-0.05, 0) is 41.4 Å². The predicted octanol–water partition coefficient (Wildman–Crippen LogP) is 2.92. The summed E-state index contributed by atoms with van der Waals surface area (Å²) in [6, 6.07) is 1.29. The molecule has 0 aromatic heterocycles. The minimum Gasteiger partial charge on any atom is -0.495 e. The Bertz CT molecular complexity index is 352. The summed E-state index contributed by atoms with van der Waals surface area (Å²) in [5.74, 6) is 0.183. The second-order valence-electron chi connectivity index (χ2n) is 3.22. The van der Waals surface area contributed by atoms with E-state index in [-0.39, 0.29) is 11.9 Å². The van der Waals surface area contributed by atoms with Gasteiger partial charge < -0.3 is 10.5 Å². The van der Waals surface area contributed by atoms with Gasteiger partial charge in [-0.15, -0.1) is 0 Å². The van der Waals surface area contributed by atoms with E-state index >= 15 is 0 Å². The highest BCUT2D eigenvalue weighted by Gasteiger charge is 2.18. The molecule has 0 aliphatic heterocycles. The fourth-order valence-electron chi connectivity index (χ4n) is 1.37. The van der Waals surface area contributed by atoms with Crippen molar-refractivity contribution in [3.63, 3.8) is 0 Å². The molecule has 1 aromatic rings. The van der Waals surface area contributed by atoms with Crippen LogP contribution in [-0.2, 0) is 0 Å². The standard InChI is InChI=1S/C10H13BrFNO/c1-5-4-7(11)10(14-3)8(6(2)13)9(5)12/h4,6H,13H2,1-3H3. The molecule has 1 atom stereocenters. The lowest BCUT2D eigenvalue weighted by molar-refractivity contribution is 0.397. The number of aryl methyl sites for hydroxylation is 1. The Balaban J connectivity index is 3.48. The van der Waals surface area contributed by atoms with E-state index in [2.05, 4.69) is 15.9 Å². The van der Waals surface area contributed by atoms with Crippen LogP contribution in [0.5, 0.6) is 5.75 Å². The Morgan fingerprint density at radius 1 is 1.57 bits per heavy atom. The highest BCUT2D eigenvalue weighted by atomic mass is 79.9. The Morgan fingerprint density at radius 3 is 2.57 bits per heavy atom. The van der Waals surface area contributed by atoms with Crippen LogP contribution < -0.4 is 10.5 Å². The van der Waals surface area contributed by atoms with Gasteiger partial charge in [0.2, 0.25) is 0 Å². The van der Waals surface area contributed by atoms with Crippen molar-refractivity contribution >= 4 is 15.9 Å². The van der Waals surface area contributed by atoms with Crippen molar-refractivity contribution in [3.05, 3.63) is 27.5 Å². The van der Waals surface area contributed by atoms with Crippen LogP contribution in [0.1, 0.15) is 24.1 Å². The quantitative estimate of drug-likeness (QED) is 0.889. The first-order chi connectivity index (χ1) is 6.49. The van der Waals surface area contributed by atoms with Crippen molar-refractivity contribution in [2.24, 2.45) is 5.73 Å². The molecule has 0 heterocycles. The van der Waals surface area contributed by atoms with Crippen molar-refractivity contribution in [1.82, 2.24) is 0 Å². The number of nitrogens with two attached hydrogens (primary N) is 1. The van der Waals surface area contributed by atoms with Gasteiger partial charge in [0.1, 0.15) is 11.6 Å². The number of hydrogen-bond acceptors (Lipinski definition) is 2. The molecule has 0 radical (unpaired) electrons. The van der Waals surface area contributed by atoms with Gasteiger partial charge in [0.15, 0.2) is 0 Å². The summed E-state index contributed by atoms with van der Waals surface area (Å²) in [5, 5.41) is 0.